The highest BCUT2D eigenvalue weighted by Crippen LogP contribution is 2.32. The van der Waals surface area contributed by atoms with Crippen molar-refractivity contribution in [1.29, 1.82) is 0 Å². The van der Waals surface area contributed by atoms with E-state index in [0.29, 0.717) is 18.7 Å². The van der Waals surface area contributed by atoms with Gasteiger partial charge in [-0.25, -0.2) is 4.79 Å². The topological polar surface area (TPSA) is 49.4 Å². The lowest BCUT2D eigenvalue weighted by atomic mass is 9.97. The van der Waals surface area contributed by atoms with Crippen molar-refractivity contribution in [3.63, 3.8) is 0 Å². The van der Waals surface area contributed by atoms with Crippen LogP contribution in [-0.4, -0.2) is 16.8 Å². The molecular weight excluding hydrogens is 324 g/mol. The SMILES string of the molecule is O=C(NC(=O)N1Cc2ccccc2-c2ccccc2C1)c1ccccc1. The van der Waals surface area contributed by atoms with E-state index in [4.69, 9.17) is 0 Å². The molecule has 0 saturated heterocycles. The Hall–Kier alpha value is -3.40. The molecule has 128 valence electrons. The first-order chi connectivity index (χ1) is 12.7. The van der Waals surface area contributed by atoms with Crippen LogP contribution in [0, 0.1) is 0 Å². The summed E-state index contributed by atoms with van der Waals surface area (Å²) in [7, 11) is 0. The molecule has 0 aromatic heterocycles. The van der Waals surface area contributed by atoms with E-state index in [1.807, 2.05) is 42.5 Å². The number of carbonyl (C=O) groups excluding carboxylic acids is 2. The fourth-order valence-corrected chi connectivity index (χ4v) is 3.29. The van der Waals surface area contributed by atoms with Gasteiger partial charge < -0.3 is 4.90 Å². The average molecular weight is 342 g/mol. The molecule has 1 N–H and O–H groups in total. The summed E-state index contributed by atoms with van der Waals surface area (Å²) >= 11 is 0. The Morgan fingerprint density at radius 2 is 1.19 bits per heavy atom. The third-order valence-electron chi connectivity index (χ3n) is 4.59. The second-order valence-corrected chi connectivity index (χ2v) is 6.30. The van der Waals surface area contributed by atoms with E-state index in [2.05, 4.69) is 17.4 Å². The number of fused-ring (bicyclic) bond motifs is 3. The van der Waals surface area contributed by atoms with Gasteiger partial charge in [0, 0.05) is 18.7 Å². The number of carbonyl (C=O) groups is 2. The van der Waals surface area contributed by atoms with Gasteiger partial charge in [0.25, 0.3) is 5.91 Å². The molecule has 0 atom stereocenters. The first-order valence-corrected chi connectivity index (χ1v) is 8.54. The second-order valence-electron chi connectivity index (χ2n) is 6.30. The molecule has 3 amide bonds. The van der Waals surface area contributed by atoms with E-state index in [1.165, 1.54) is 0 Å². The molecule has 0 radical (unpaired) electrons. The van der Waals surface area contributed by atoms with Crippen LogP contribution >= 0.6 is 0 Å². The Morgan fingerprint density at radius 1 is 0.692 bits per heavy atom. The summed E-state index contributed by atoms with van der Waals surface area (Å²) in [6, 6.07) is 24.5. The summed E-state index contributed by atoms with van der Waals surface area (Å²) in [5.74, 6) is -0.388. The van der Waals surface area contributed by atoms with Crippen LogP contribution in [0.15, 0.2) is 78.9 Å². The maximum Gasteiger partial charge on any atom is 0.324 e. The Labute approximate surface area is 152 Å². The van der Waals surface area contributed by atoms with Crippen LogP contribution in [0.4, 0.5) is 4.79 Å². The van der Waals surface area contributed by atoms with E-state index in [-0.39, 0.29) is 11.9 Å². The predicted octanol–water partition coefficient (Wildman–Crippen LogP) is 4.22. The molecule has 1 heterocycles. The first-order valence-electron chi connectivity index (χ1n) is 8.54. The van der Waals surface area contributed by atoms with Crippen molar-refractivity contribution >= 4 is 11.9 Å². The van der Waals surface area contributed by atoms with Gasteiger partial charge in [-0.2, -0.15) is 0 Å². The van der Waals surface area contributed by atoms with Crippen molar-refractivity contribution in [2.75, 3.05) is 0 Å². The Morgan fingerprint density at radius 3 is 1.77 bits per heavy atom. The summed E-state index contributed by atoms with van der Waals surface area (Å²) in [5, 5.41) is 2.50. The van der Waals surface area contributed by atoms with Gasteiger partial charge in [0.05, 0.1) is 0 Å². The molecule has 4 rings (SSSR count). The van der Waals surface area contributed by atoms with Crippen LogP contribution in [0.3, 0.4) is 0 Å². The molecule has 0 unspecified atom stereocenters. The predicted molar refractivity (Wildman–Crippen MR) is 100 cm³/mol. The van der Waals surface area contributed by atoms with Crippen molar-refractivity contribution in [3.8, 4) is 11.1 Å². The molecule has 0 aliphatic carbocycles. The van der Waals surface area contributed by atoms with Crippen LogP contribution in [0.5, 0.6) is 0 Å². The maximum absolute atomic E-state index is 12.7. The molecule has 4 nitrogen and oxygen atoms in total. The van der Waals surface area contributed by atoms with Crippen LogP contribution in [0.25, 0.3) is 11.1 Å². The van der Waals surface area contributed by atoms with Gasteiger partial charge in [-0.3, -0.25) is 10.1 Å². The first kappa shape index (κ1) is 16.1. The lowest BCUT2D eigenvalue weighted by Crippen LogP contribution is -2.41. The van der Waals surface area contributed by atoms with E-state index in [9.17, 15) is 9.59 Å². The fourth-order valence-electron chi connectivity index (χ4n) is 3.29. The van der Waals surface area contributed by atoms with Crippen molar-refractivity contribution < 1.29 is 9.59 Å². The van der Waals surface area contributed by atoms with Crippen LogP contribution < -0.4 is 5.32 Å². The molecule has 3 aromatic carbocycles. The van der Waals surface area contributed by atoms with E-state index in [0.717, 1.165) is 22.3 Å². The molecular formula is C22H18N2O2. The third-order valence-corrected chi connectivity index (χ3v) is 4.59. The minimum atomic E-state index is -0.388. The summed E-state index contributed by atoms with van der Waals surface area (Å²) < 4.78 is 0. The fraction of sp³-hybridized carbons (Fsp3) is 0.0909. The van der Waals surface area contributed by atoms with Crippen LogP contribution in [-0.2, 0) is 13.1 Å². The minimum absolute atomic E-state index is 0.384. The van der Waals surface area contributed by atoms with E-state index in [1.54, 1.807) is 29.2 Å². The van der Waals surface area contributed by atoms with E-state index < -0.39 is 0 Å². The summed E-state index contributed by atoms with van der Waals surface area (Å²) in [6.45, 7) is 0.914. The number of benzene rings is 3. The number of amides is 3. The molecule has 1 aliphatic rings. The highest BCUT2D eigenvalue weighted by molar-refractivity contribution is 6.04. The smallest absolute Gasteiger partial charge is 0.316 e. The molecule has 0 spiro atoms. The van der Waals surface area contributed by atoms with Gasteiger partial charge in [-0.15, -0.1) is 0 Å². The highest BCUT2D eigenvalue weighted by Gasteiger charge is 2.23. The van der Waals surface area contributed by atoms with Crippen LogP contribution in [0.1, 0.15) is 21.5 Å². The lowest BCUT2D eigenvalue weighted by molar-refractivity contribution is 0.0949. The zero-order chi connectivity index (χ0) is 17.9. The van der Waals surface area contributed by atoms with Crippen molar-refractivity contribution in [1.82, 2.24) is 10.2 Å². The molecule has 0 fully saturated rings. The van der Waals surface area contributed by atoms with Crippen LogP contribution in [0.2, 0.25) is 0 Å². The van der Waals surface area contributed by atoms with Gasteiger partial charge >= 0.3 is 6.03 Å². The average Bonchev–Trinajstić information content (AvgIpc) is 2.85. The molecule has 3 aromatic rings. The monoisotopic (exact) mass is 342 g/mol. The van der Waals surface area contributed by atoms with E-state index >= 15 is 0 Å². The summed E-state index contributed by atoms with van der Waals surface area (Å²) in [5.41, 5.74) is 4.87. The minimum Gasteiger partial charge on any atom is -0.316 e. The normalized spacial score (nSPS) is 12.5. The molecule has 4 heteroatoms. The maximum atomic E-state index is 12.7. The quantitative estimate of drug-likeness (QED) is 0.720. The Balaban J connectivity index is 1.62. The van der Waals surface area contributed by atoms with Gasteiger partial charge in [0.1, 0.15) is 0 Å². The molecule has 0 saturated carbocycles. The zero-order valence-corrected chi connectivity index (χ0v) is 14.2. The molecule has 26 heavy (non-hydrogen) atoms. The standard InChI is InChI=1S/C22H18N2O2/c25-21(16-8-2-1-3-9-16)23-22(26)24-14-17-10-4-6-12-19(17)20-13-7-5-11-18(20)15-24/h1-13H,14-15H2,(H,23,25,26). The number of nitrogens with zero attached hydrogens (tertiary/aromatic N) is 1. The number of nitrogens with one attached hydrogen (secondary N) is 1. The number of rotatable bonds is 1. The number of hydrogen-bond donors (Lipinski definition) is 1. The number of hydrogen-bond acceptors (Lipinski definition) is 2. The number of urea groups is 1. The van der Waals surface area contributed by atoms with Gasteiger partial charge in [0.2, 0.25) is 0 Å². The van der Waals surface area contributed by atoms with Gasteiger partial charge in [-0.1, -0.05) is 66.7 Å². The van der Waals surface area contributed by atoms with Gasteiger partial charge in [0.15, 0.2) is 0 Å². The third kappa shape index (κ3) is 3.09. The highest BCUT2D eigenvalue weighted by atomic mass is 16.2. The lowest BCUT2D eigenvalue weighted by Gasteiger charge is -2.21. The summed E-state index contributed by atoms with van der Waals surface area (Å²) in [4.78, 5) is 26.7. The number of imide groups is 1. The van der Waals surface area contributed by atoms with Gasteiger partial charge in [-0.05, 0) is 34.4 Å². The molecule has 0 bridgehead atoms. The van der Waals surface area contributed by atoms with Crippen molar-refractivity contribution in [2.24, 2.45) is 0 Å². The zero-order valence-electron chi connectivity index (χ0n) is 14.2. The van der Waals surface area contributed by atoms with Crippen molar-refractivity contribution in [3.05, 3.63) is 95.6 Å². The summed E-state index contributed by atoms with van der Waals surface area (Å²) in [6.07, 6.45) is 0. The Kier molecular flexibility index (Phi) is 4.23. The molecule has 1 aliphatic heterocycles. The van der Waals surface area contributed by atoms with Crippen molar-refractivity contribution in [2.45, 2.75) is 13.1 Å². The Bertz CT molecular complexity index is 919. The second kappa shape index (κ2) is 6.84. The largest absolute Gasteiger partial charge is 0.324 e.